The minimum absolute atomic E-state index is 0.254. The summed E-state index contributed by atoms with van der Waals surface area (Å²) in [6.07, 6.45) is 0. The van der Waals surface area contributed by atoms with Crippen molar-refractivity contribution in [3.63, 3.8) is 0 Å². The van der Waals surface area contributed by atoms with Crippen molar-refractivity contribution in [1.29, 1.82) is 0 Å². The number of hydrogen-bond acceptors (Lipinski definition) is 4. The van der Waals surface area contributed by atoms with Crippen molar-refractivity contribution >= 4 is 16.9 Å². The summed E-state index contributed by atoms with van der Waals surface area (Å²) >= 11 is 0. The second-order valence-electron chi connectivity index (χ2n) is 6.00. The normalized spacial score (nSPS) is 12.7. The van der Waals surface area contributed by atoms with Gasteiger partial charge in [-0.2, -0.15) is 0 Å². The molecule has 0 amide bonds. The van der Waals surface area contributed by atoms with E-state index in [0.717, 1.165) is 33.5 Å². The van der Waals surface area contributed by atoms with E-state index in [0.29, 0.717) is 18.8 Å². The summed E-state index contributed by atoms with van der Waals surface area (Å²) in [6, 6.07) is 13.5. The van der Waals surface area contributed by atoms with Crippen LogP contribution in [-0.2, 0) is 20.1 Å². The maximum absolute atomic E-state index is 11.7. The van der Waals surface area contributed by atoms with E-state index in [1.165, 1.54) is 0 Å². The highest BCUT2D eigenvalue weighted by atomic mass is 16.7. The second-order valence-corrected chi connectivity index (χ2v) is 6.00. The number of carbonyl (C=O) groups is 1. The lowest BCUT2D eigenvalue weighted by Gasteiger charge is -2.07. The van der Waals surface area contributed by atoms with Crippen LogP contribution in [0.1, 0.15) is 21.6 Å². The number of benzene rings is 2. The average molecular weight is 338 g/mol. The summed E-state index contributed by atoms with van der Waals surface area (Å²) in [6.45, 7) is 1.33. The molecule has 0 aliphatic carbocycles. The van der Waals surface area contributed by atoms with Crippen LogP contribution >= 0.6 is 0 Å². The summed E-state index contributed by atoms with van der Waals surface area (Å²) in [7, 11) is 1.78. The minimum atomic E-state index is -0.918. The molecule has 1 aliphatic heterocycles. The number of para-hydroxylation sites is 1. The number of aryl methyl sites for hydroxylation is 1. The first-order valence-electron chi connectivity index (χ1n) is 8.04. The highest BCUT2D eigenvalue weighted by molar-refractivity contribution is 5.98. The Kier molecular flexibility index (Phi) is 3.82. The van der Waals surface area contributed by atoms with Crippen LogP contribution in [0.4, 0.5) is 0 Å². The molecule has 1 aromatic heterocycles. The molecular formula is C19H18N2O4. The zero-order valence-electron chi connectivity index (χ0n) is 13.8. The van der Waals surface area contributed by atoms with E-state index < -0.39 is 5.97 Å². The second kappa shape index (κ2) is 6.14. The molecule has 2 heterocycles. The maximum atomic E-state index is 11.7. The number of aromatic nitrogens is 1. The van der Waals surface area contributed by atoms with E-state index in [2.05, 4.69) is 5.32 Å². The molecule has 2 N–H and O–H groups in total. The molecule has 2 aromatic carbocycles. The number of carboxylic acids is 1. The molecule has 6 heteroatoms. The maximum Gasteiger partial charge on any atom is 0.352 e. The Morgan fingerprint density at radius 1 is 1.16 bits per heavy atom. The number of ether oxygens (including phenoxy) is 2. The topological polar surface area (TPSA) is 72.7 Å². The molecule has 0 unspecified atom stereocenters. The largest absolute Gasteiger partial charge is 0.477 e. The lowest BCUT2D eigenvalue weighted by molar-refractivity contribution is 0.0685. The monoisotopic (exact) mass is 338 g/mol. The van der Waals surface area contributed by atoms with E-state index in [1.54, 1.807) is 11.6 Å². The van der Waals surface area contributed by atoms with Crippen molar-refractivity contribution in [2.45, 2.75) is 13.1 Å². The molecule has 4 rings (SSSR count). The molecule has 6 nitrogen and oxygen atoms in total. The van der Waals surface area contributed by atoms with Gasteiger partial charge in [0.05, 0.1) is 0 Å². The smallest absolute Gasteiger partial charge is 0.352 e. The van der Waals surface area contributed by atoms with Crippen LogP contribution in [0.15, 0.2) is 42.5 Å². The van der Waals surface area contributed by atoms with Crippen molar-refractivity contribution in [2.75, 3.05) is 6.79 Å². The van der Waals surface area contributed by atoms with Gasteiger partial charge in [0.1, 0.15) is 5.69 Å². The number of fused-ring (bicyclic) bond motifs is 2. The van der Waals surface area contributed by atoms with Gasteiger partial charge >= 0.3 is 5.97 Å². The Balaban J connectivity index is 1.57. The first-order chi connectivity index (χ1) is 12.1. The number of nitrogens with one attached hydrogen (secondary N) is 1. The lowest BCUT2D eigenvalue weighted by Crippen LogP contribution is -2.16. The molecule has 1 aliphatic rings. The van der Waals surface area contributed by atoms with Gasteiger partial charge in [0, 0.05) is 36.6 Å². The van der Waals surface area contributed by atoms with E-state index in [9.17, 15) is 9.90 Å². The Morgan fingerprint density at radius 3 is 2.80 bits per heavy atom. The number of carboxylic acid groups (broad SMARTS) is 1. The summed E-state index contributed by atoms with van der Waals surface area (Å²) in [5.41, 5.74) is 3.09. The molecular weight excluding hydrogens is 320 g/mol. The Morgan fingerprint density at radius 2 is 1.96 bits per heavy atom. The van der Waals surface area contributed by atoms with Crippen LogP contribution in [0.25, 0.3) is 10.9 Å². The number of rotatable bonds is 5. The zero-order valence-corrected chi connectivity index (χ0v) is 13.8. The van der Waals surface area contributed by atoms with Crippen molar-refractivity contribution in [1.82, 2.24) is 9.88 Å². The standard InChI is InChI=1S/C19H18N2O4/c1-21-15-5-3-2-4-13(15)14(18(21)19(22)23)10-20-9-12-6-7-16-17(8-12)25-11-24-16/h2-8,20H,9-11H2,1H3,(H,22,23). The van der Waals surface area contributed by atoms with Gasteiger partial charge in [0.25, 0.3) is 0 Å². The average Bonchev–Trinajstić information content (AvgIpc) is 3.18. The Bertz CT molecular complexity index is 961. The van der Waals surface area contributed by atoms with Gasteiger partial charge in [0.15, 0.2) is 11.5 Å². The number of aromatic carboxylic acids is 1. The molecule has 0 spiro atoms. The van der Waals surface area contributed by atoms with Gasteiger partial charge in [-0.15, -0.1) is 0 Å². The quantitative estimate of drug-likeness (QED) is 0.748. The fourth-order valence-electron chi connectivity index (χ4n) is 3.31. The predicted molar refractivity (Wildman–Crippen MR) is 93.0 cm³/mol. The third-order valence-electron chi connectivity index (χ3n) is 4.48. The van der Waals surface area contributed by atoms with Crippen LogP contribution in [0.3, 0.4) is 0 Å². The third-order valence-corrected chi connectivity index (χ3v) is 4.48. The lowest BCUT2D eigenvalue weighted by atomic mass is 10.1. The van der Waals surface area contributed by atoms with Gasteiger partial charge in [-0.3, -0.25) is 0 Å². The number of nitrogens with zero attached hydrogens (tertiary/aromatic N) is 1. The molecule has 0 saturated carbocycles. The fraction of sp³-hybridized carbons (Fsp3) is 0.211. The van der Waals surface area contributed by atoms with Gasteiger partial charge in [-0.25, -0.2) is 4.79 Å². The molecule has 0 radical (unpaired) electrons. The van der Waals surface area contributed by atoms with Crippen molar-refractivity contribution < 1.29 is 19.4 Å². The van der Waals surface area contributed by atoms with Crippen molar-refractivity contribution in [2.24, 2.45) is 7.05 Å². The highest BCUT2D eigenvalue weighted by Crippen LogP contribution is 2.32. The minimum Gasteiger partial charge on any atom is -0.477 e. The van der Waals surface area contributed by atoms with Crippen LogP contribution in [0.5, 0.6) is 11.5 Å². The van der Waals surface area contributed by atoms with Crippen LogP contribution in [0, 0.1) is 0 Å². The van der Waals surface area contributed by atoms with Gasteiger partial charge < -0.3 is 24.5 Å². The zero-order chi connectivity index (χ0) is 17.4. The van der Waals surface area contributed by atoms with Gasteiger partial charge in [-0.1, -0.05) is 24.3 Å². The van der Waals surface area contributed by atoms with E-state index in [1.807, 2.05) is 42.5 Å². The molecule has 25 heavy (non-hydrogen) atoms. The molecule has 3 aromatic rings. The first-order valence-corrected chi connectivity index (χ1v) is 8.04. The predicted octanol–water partition coefficient (Wildman–Crippen LogP) is 2.90. The van der Waals surface area contributed by atoms with E-state index in [4.69, 9.17) is 9.47 Å². The van der Waals surface area contributed by atoms with Crippen molar-refractivity contribution in [3.05, 3.63) is 59.3 Å². The SMILES string of the molecule is Cn1c(C(=O)O)c(CNCc2ccc3c(c2)OCO3)c2ccccc21. The number of hydrogen-bond donors (Lipinski definition) is 2. The molecule has 0 bridgehead atoms. The molecule has 0 atom stereocenters. The fourth-order valence-corrected chi connectivity index (χ4v) is 3.31. The highest BCUT2D eigenvalue weighted by Gasteiger charge is 2.20. The first kappa shape index (κ1) is 15.5. The van der Waals surface area contributed by atoms with E-state index in [-0.39, 0.29) is 6.79 Å². The summed E-state index contributed by atoms with van der Waals surface area (Å²) in [5, 5.41) is 13.9. The molecule has 0 fully saturated rings. The summed E-state index contributed by atoms with van der Waals surface area (Å²) < 4.78 is 12.4. The molecule has 128 valence electrons. The summed E-state index contributed by atoms with van der Waals surface area (Å²) in [4.78, 5) is 11.7. The van der Waals surface area contributed by atoms with E-state index >= 15 is 0 Å². The van der Waals surface area contributed by atoms with Crippen LogP contribution in [-0.4, -0.2) is 22.4 Å². The Labute approximate surface area is 144 Å². The van der Waals surface area contributed by atoms with Crippen molar-refractivity contribution in [3.8, 4) is 11.5 Å². The van der Waals surface area contributed by atoms with Crippen LogP contribution < -0.4 is 14.8 Å². The molecule has 0 saturated heterocycles. The third kappa shape index (κ3) is 2.70. The van der Waals surface area contributed by atoms with Gasteiger partial charge in [0.2, 0.25) is 6.79 Å². The summed E-state index contributed by atoms with van der Waals surface area (Å²) in [5.74, 6) is 0.584. The Hall–Kier alpha value is -2.99. The van der Waals surface area contributed by atoms with Crippen LogP contribution in [0.2, 0.25) is 0 Å². The van der Waals surface area contributed by atoms with Gasteiger partial charge in [-0.05, 0) is 23.8 Å².